The summed E-state index contributed by atoms with van der Waals surface area (Å²) in [5.41, 5.74) is 2.61. The van der Waals surface area contributed by atoms with E-state index in [0.717, 1.165) is 25.8 Å². The third-order valence-electron chi connectivity index (χ3n) is 7.07. The summed E-state index contributed by atoms with van der Waals surface area (Å²) >= 11 is 0. The van der Waals surface area contributed by atoms with Crippen molar-refractivity contribution < 1.29 is 14.3 Å². The summed E-state index contributed by atoms with van der Waals surface area (Å²) < 4.78 is 12.2. The number of nitroso groups, excluding NO2 is 1. The minimum absolute atomic E-state index is 0.152. The number of nitrogens with zero attached hydrogens (tertiary/aromatic N) is 1. The fraction of sp³-hybridized carbons (Fsp3) is 0.632. The van der Waals surface area contributed by atoms with E-state index in [1.54, 1.807) is 20.1 Å². The smallest absolute Gasteiger partial charge is 0.153 e. The number of benzene rings is 1. The van der Waals surface area contributed by atoms with Gasteiger partial charge in [-0.1, -0.05) is 6.07 Å². The highest BCUT2D eigenvalue weighted by atomic mass is 16.5. The van der Waals surface area contributed by atoms with Crippen molar-refractivity contribution in [3.8, 4) is 5.75 Å². The van der Waals surface area contributed by atoms with E-state index in [0.29, 0.717) is 23.4 Å². The van der Waals surface area contributed by atoms with Crippen LogP contribution in [-0.2, 0) is 21.4 Å². The van der Waals surface area contributed by atoms with Gasteiger partial charge in [0.15, 0.2) is 5.75 Å². The quantitative estimate of drug-likeness (QED) is 0.853. The Bertz CT molecular complexity index is 779. The largest absolute Gasteiger partial charge is 0.484 e. The number of ketones is 1. The molecule has 1 N–H and O–H groups in total. The number of carbonyl (C=O) groups is 1. The normalized spacial score (nSPS) is 40.2. The van der Waals surface area contributed by atoms with Crippen LogP contribution < -0.4 is 10.1 Å². The Morgan fingerprint density at radius 1 is 1.44 bits per heavy atom. The van der Waals surface area contributed by atoms with Gasteiger partial charge >= 0.3 is 0 Å². The number of nitrogens with one attached hydrogen (secondary N) is 1. The molecule has 5 unspecified atom stereocenters. The molecule has 1 aromatic carbocycles. The van der Waals surface area contributed by atoms with E-state index < -0.39 is 0 Å². The molecule has 1 saturated carbocycles. The number of hydrogen-bond acceptors (Lipinski definition) is 6. The van der Waals surface area contributed by atoms with Crippen LogP contribution in [0.1, 0.15) is 30.9 Å². The van der Waals surface area contributed by atoms with Gasteiger partial charge in [-0.3, -0.25) is 4.79 Å². The molecule has 1 spiro atoms. The van der Waals surface area contributed by atoms with Crippen LogP contribution in [0.5, 0.6) is 5.75 Å². The molecule has 4 aliphatic rings. The Labute approximate surface area is 146 Å². The van der Waals surface area contributed by atoms with E-state index >= 15 is 0 Å². The number of rotatable bonds is 3. The maximum atomic E-state index is 12.3. The SMILES string of the molecule is COC1C(C(C)=O)CC2C3Cc4ccc(N=O)c5c4C2(CCN3)[C@H]1O5. The molecule has 1 aromatic rings. The van der Waals surface area contributed by atoms with Gasteiger partial charge in [-0.15, -0.1) is 4.91 Å². The second-order valence-corrected chi connectivity index (χ2v) is 7.89. The van der Waals surface area contributed by atoms with Crippen LogP contribution in [0.3, 0.4) is 0 Å². The molecular weight excluding hydrogens is 320 g/mol. The van der Waals surface area contributed by atoms with Crippen molar-refractivity contribution in [1.82, 2.24) is 5.32 Å². The van der Waals surface area contributed by atoms with Crippen molar-refractivity contribution in [2.45, 2.75) is 49.9 Å². The van der Waals surface area contributed by atoms with Gasteiger partial charge in [-0.2, -0.15) is 0 Å². The van der Waals surface area contributed by atoms with Crippen LogP contribution in [0.2, 0.25) is 0 Å². The molecule has 132 valence electrons. The van der Waals surface area contributed by atoms with Crippen molar-refractivity contribution in [2.24, 2.45) is 17.0 Å². The first-order valence-corrected chi connectivity index (χ1v) is 9.04. The van der Waals surface area contributed by atoms with Gasteiger partial charge in [0.05, 0.1) is 0 Å². The van der Waals surface area contributed by atoms with Crippen LogP contribution in [0, 0.1) is 16.7 Å². The van der Waals surface area contributed by atoms with Gasteiger partial charge in [-0.25, -0.2) is 0 Å². The van der Waals surface area contributed by atoms with Gasteiger partial charge in [0.25, 0.3) is 0 Å². The number of piperidine rings is 1. The van der Waals surface area contributed by atoms with E-state index in [2.05, 4.69) is 10.5 Å². The first-order valence-electron chi connectivity index (χ1n) is 9.04. The molecule has 6 heteroatoms. The van der Waals surface area contributed by atoms with Crippen molar-refractivity contribution in [3.63, 3.8) is 0 Å². The summed E-state index contributed by atoms with van der Waals surface area (Å²) in [6.07, 6.45) is 2.14. The van der Waals surface area contributed by atoms with Gasteiger partial charge < -0.3 is 14.8 Å². The summed E-state index contributed by atoms with van der Waals surface area (Å²) in [6.45, 7) is 2.56. The Hall–Kier alpha value is -1.79. The summed E-state index contributed by atoms with van der Waals surface area (Å²) in [5.74, 6) is 0.939. The zero-order valence-corrected chi connectivity index (χ0v) is 14.5. The maximum absolute atomic E-state index is 12.3. The Kier molecular flexibility index (Phi) is 3.16. The fourth-order valence-corrected chi connectivity index (χ4v) is 6.16. The van der Waals surface area contributed by atoms with Crippen molar-refractivity contribution in [2.75, 3.05) is 13.7 Å². The summed E-state index contributed by atoms with van der Waals surface area (Å²) in [6, 6.07) is 4.13. The molecule has 0 aromatic heterocycles. The Balaban J connectivity index is 1.76. The standard InChI is InChI=1S/C19H22N2O4/c1-9(22)11-8-12-14-7-10-3-4-13(21-23)17-15(10)19(12,5-6-20-14)18(25-17)16(11)24-2/h3-4,11-12,14,16,18,20H,5-8H2,1-2H3/t11?,12?,14?,16?,18-,19?/m0/s1. The van der Waals surface area contributed by atoms with E-state index in [1.807, 2.05) is 6.07 Å². The number of hydrogen-bond donors (Lipinski definition) is 1. The molecule has 6 atom stereocenters. The number of methoxy groups -OCH3 is 1. The number of ether oxygens (including phenoxy) is 2. The van der Waals surface area contributed by atoms with Crippen LogP contribution in [0.4, 0.5) is 5.69 Å². The van der Waals surface area contributed by atoms with E-state index in [9.17, 15) is 9.70 Å². The molecule has 25 heavy (non-hydrogen) atoms. The molecule has 2 aliphatic carbocycles. The minimum atomic E-state index is -0.287. The lowest BCUT2D eigenvalue weighted by atomic mass is 9.50. The van der Waals surface area contributed by atoms with Crippen molar-refractivity contribution in [1.29, 1.82) is 0 Å². The minimum Gasteiger partial charge on any atom is -0.484 e. The zero-order chi connectivity index (χ0) is 17.3. The molecule has 0 radical (unpaired) electrons. The summed E-state index contributed by atoms with van der Waals surface area (Å²) in [7, 11) is 1.66. The molecule has 5 rings (SSSR count). The van der Waals surface area contributed by atoms with Gasteiger partial charge in [-0.05, 0) is 55.5 Å². The van der Waals surface area contributed by atoms with Crippen LogP contribution in [0.25, 0.3) is 0 Å². The van der Waals surface area contributed by atoms with Crippen LogP contribution >= 0.6 is 0 Å². The van der Waals surface area contributed by atoms with Crippen molar-refractivity contribution in [3.05, 3.63) is 28.2 Å². The molecule has 2 fully saturated rings. The lowest BCUT2D eigenvalue weighted by Crippen LogP contribution is -2.68. The van der Waals surface area contributed by atoms with Crippen molar-refractivity contribution >= 4 is 11.5 Å². The lowest BCUT2D eigenvalue weighted by Gasteiger charge is -2.58. The monoisotopic (exact) mass is 342 g/mol. The average molecular weight is 342 g/mol. The third-order valence-corrected chi connectivity index (χ3v) is 7.07. The topological polar surface area (TPSA) is 77.0 Å². The molecule has 1 saturated heterocycles. The molecule has 2 heterocycles. The highest BCUT2D eigenvalue weighted by Gasteiger charge is 2.67. The number of Topliss-reactive ketones (excluding diaryl/α,β-unsaturated/α-hetero) is 1. The van der Waals surface area contributed by atoms with E-state index in [4.69, 9.17) is 9.47 Å². The predicted molar refractivity (Wildman–Crippen MR) is 91.2 cm³/mol. The third kappa shape index (κ3) is 1.74. The first kappa shape index (κ1) is 15.5. The van der Waals surface area contributed by atoms with E-state index in [1.165, 1.54) is 11.1 Å². The average Bonchev–Trinajstić information content (AvgIpc) is 2.94. The first-order chi connectivity index (χ1) is 12.1. The molecule has 0 amide bonds. The maximum Gasteiger partial charge on any atom is 0.153 e. The van der Waals surface area contributed by atoms with Gasteiger partial charge in [0.1, 0.15) is 23.7 Å². The number of carbonyl (C=O) groups excluding carboxylic acids is 1. The van der Waals surface area contributed by atoms with Crippen LogP contribution in [0.15, 0.2) is 17.3 Å². The molecule has 2 bridgehead atoms. The van der Waals surface area contributed by atoms with E-state index in [-0.39, 0.29) is 29.3 Å². The highest BCUT2D eigenvalue weighted by Crippen LogP contribution is 2.63. The Morgan fingerprint density at radius 3 is 3.00 bits per heavy atom. The second kappa shape index (κ2) is 5.11. The summed E-state index contributed by atoms with van der Waals surface area (Å²) in [4.78, 5) is 23.7. The fourth-order valence-electron chi connectivity index (χ4n) is 6.16. The lowest BCUT2D eigenvalue weighted by molar-refractivity contribution is -0.147. The summed E-state index contributed by atoms with van der Waals surface area (Å²) in [5, 5.41) is 6.86. The predicted octanol–water partition coefficient (Wildman–Crippen LogP) is 2.24. The van der Waals surface area contributed by atoms with Crippen LogP contribution in [-0.4, -0.2) is 37.7 Å². The Morgan fingerprint density at radius 2 is 2.28 bits per heavy atom. The zero-order valence-electron chi connectivity index (χ0n) is 14.5. The molecular formula is C19H22N2O4. The van der Waals surface area contributed by atoms with Gasteiger partial charge in [0.2, 0.25) is 0 Å². The van der Waals surface area contributed by atoms with Gasteiger partial charge in [0, 0.05) is 30.0 Å². The molecule has 6 nitrogen and oxygen atoms in total. The molecule has 2 aliphatic heterocycles. The second-order valence-electron chi connectivity index (χ2n) is 7.89. The highest BCUT2D eigenvalue weighted by molar-refractivity contribution is 5.80.